The third-order valence-corrected chi connectivity index (χ3v) is 2.17. The van der Waals surface area contributed by atoms with Gasteiger partial charge < -0.3 is 5.11 Å². The Morgan fingerprint density at radius 1 is 1.75 bits per heavy atom. The molecule has 1 N–H and O–H groups in total. The summed E-state index contributed by atoms with van der Waals surface area (Å²) in [6, 6.07) is 0.472. The summed E-state index contributed by atoms with van der Waals surface area (Å²) in [6.45, 7) is 2.13. The van der Waals surface area contributed by atoms with Crippen LogP contribution in [0.3, 0.4) is 0 Å². The van der Waals surface area contributed by atoms with Crippen LogP contribution in [0.2, 0.25) is 0 Å². The van der Waals surface area contributed by atoms with Gasteiger partial charge in [-0.15, -0.1) is 0 Å². The van der Waals surface area contributed by atoms with Crippen LogP contribution in [0.4, 0.5) is 0 Å². The first-order chi connectivity index (χ1) is 5.83. The highest BCUT2D eigenvalue weighted by Crippen LogP contribution is 2.13. The first-order valence-corrected chi connectivity index (χ1v) is 4.61. The molecule has 0 aromatic rings. The molecule has 1 aliphatic rings. The van der Waals surface area contributed by atoms with Gasteiger partial charge in [-0.2, -0.15) is 0 Å². The van der Waals surface area contributed by atoms with Crippen LogP contribution in [0.5, 0.6) is 0 Å². The van der Waals surface area contributed by atoms with Gasteiger partial charge in [-0.3, -0.25) is 4.99 Å². The monoisotopic (exact) mass is 167 g/mol. The van der Waals surface area contributed by atoms with Crippen molar-refractivity contribution in [1.29, 1.82) is 0 Å². The summed E-state index contributed by atoms with van der Waals surface area (Å²) in [7, 11) is 0. The highest BCUT2D eigenvalue weighted by Gasteiger charge is 2.06. The zero-order valence-corrected chi connectivity index (χ0v) is 7.66. The van der Waals surface area contributed by atoms with Gasteiger partial charge in [0.15, 0.2) is 0 Å². The van der Waals surface area contributed by atoms with Gasteiger partial charge in [0.2, 0.25) is 0 Å². The van der Waals surface area contributed by atoms with Gasteiger partial charge in [0.05, 0.1) is 12.6 Å². The second-order valence-corrected chi connectivity index (χ2v) is 3.36. The Labute approximate surface area is 74.0 Å². The lowest BCUT2D eigenvalue weighted by molar-refractivity contribution is 0.330. The van der Waals surface area contributed by atoms with E-state index >= 15 is 0 Å². The number of aliphatic hydroxyl groups is 1. The second kappa shape index (κ2) is 5.09. The Balaban J connectivity index is 2.30. The number of aliphatic imine (C=N–C) groups is 1. The maximum Gasteiger partial charge on any atom is 0.0639 e. The van der Waals surface area contributed by atoms with Crippen molar-refractivity contribution in [3.8, 4) is 0 Å². The van der Waals surface area contributed by atoms with Crippen LogP contribution in [-0.4, -0.2) is 24.0 Å². The number of rotatable bonds is 3. The van der Waals surface area contributed by atoms with E-state index in [0.29, 0.717) is 6.04 Å². The topological polar surface area (TPSA) is 32.6 Å². The molecule has 0 fully saturated rings. The van der Waals surface area contributed by atoms with E-state index in [1.807, 2.05) is 13.1 Å². The van der Waals surface area contributed by atoms with Crippen LogP contribution < -0.4 is 0 Å². The average Bonchev–Trinajstić information content (AvgIpc) is 2.16. The molecule has 0 spiro atoms. The first-order valence-electron chi connectivity index (χ1n) is 4.61. The van der Waals surface area contributed by atoms with Crippen molar-refractivity contribution in [2.75, 3.05) is 6.61 Å². The molecular formula is C10H17NO. The van der Waals surface area contributed by atoms with Crippen molar-refractivity contribution in [3.05, 3.63) is 11.6 Å². The minimum Gasteiger partial charge on any atom is -0.392 e. The van der Waals surface area contributed by atoms with Gasteiger partial charge in [0, 0.05) is 0 Å². The Morgan fingerprint density at radius 2 is 2.58 bits per heavy atom. The molecule has 0 amide bonds. The molecule has 0 saturated carbocycles. The van der Waals surface area contributed by atoms with Crippen molar-refractivity contribution >= 4 is 6.21 Å². The Bertz CT molecular complexity index is 184. The SMILES string of the molecule is C/C(=C\C[C@@H]1CCCC=N1)CO. The van der Waals surface area contributed by atoms with Gasteiger partial charge in [0.1, 0.15) is 0 Å². The molecule has 0 radical (unpaired) electrons. The predicted octanol–water partition coefficient (Wildman–Crippen LogP) is 1.94. The second-order valence-electron chi connectivity index (χ2n) is 3.36. The van der Waals surface area contributed by atoms with Crippen LogP contribution in [0.15, 0.2) is 16.6 Å². The maximum atomic E-state index is 8.76. The molecule has 12 heavy (non-hydrogen) atoms. The Hall–Kier alpha value is -0.630. The summed E-state index contributed by atoms with van der Waals surface area (Å²) in [5.74, 6) is 0. The van der Waals surface area contributed by atoms with Crippen molar-refractivity contribution in [1.82, 2.24) is 0 Å². The fourth-order valence-electron chi connectivity index (χ4n) is 1.32. The molecule has 2 heteroatoms. The standard InChI is InChI=1S/C10H17NO/c1-9(8-12)5-6-10-4-2-3-7-11-10/h5,7,10,12H,2-4,6,8H2,1H3/b9-5+/t10-/m0/s1. The summed E-state index contributed by atoms with van der Waals surface area (Å²) in [4.78, 5) is 4.38. The van der Waals surface area contributed by atoms with Gasteiger partial charge in [-0.25, -0.2) is 0 Å². The van der Waals surface area contributed by atoms with Crippen molar-refractivity contribution in [2.45, 2.75) is 38.6 Å². The van der Waals surface area contributed by atoms with Gasteiger partial charge in [-0.05, 0) is 38.8 Å². The van der Waals surface area contributed by atoms with E-state index in [-0.39, 0.29) is 6.61 Å². The van der Waals surface area contributed by atoms with Gasteiger partial charge in [-0.1, -0.05) is 11.6 Å². The lowest BCUT2D eigenvalue weighted by Gasteiger charge is -2.13. The van der Waals surface area contributed by atoms with E-state index in [9.17, 15) is 0 Å². The number of aliphatic hydroxyl groups excluding tert-OH is 1. The van der Waals surface area contributed by atoms with Crippen molar-refractivity contribution < 1.29 is 5.11 Å². The van der Waals surface area contributed by atoms with Gasteiger partial charge >= 0.3 is 0 Å². The third kappa shape index (κ3) is 3.18. The summed E-state index contributed by atoms with van der Waals surface area (Å²) >= 11 is 0. The molecule has 0 aliphatic carbocycles. The Kier molecular flexibility index (Phi) is 4.01. The largest absolute Gasteiger partial charge is 0.392 e. The smallest absolute Gasteiger partial charge is 0.0639 e. The zero-order chi connectivity index (χ0) is 8.81. The van der Waals surface area contributed by atoms with E-state index in [1.54, 1.807) is 0 Å². The molecular weight excluding hydrogens is 150 g/mol. The number of hydrogen-bond acceptors (Lipinski definition) is 2. The molecule has 68 valence electrons. The van der Waals surface area contributed by atoms with Crippen LogP contribution in [0, 0.1) is 0 Å². The average molecular weight is 167 g/mol. The third-order valence-electron chi connectivity index (χ3n) is 2.17. The van der Waals surface area contributed by atoms with Crippen LogP contribution in [-0.2, 0) is 0 Å². The molecule has 1 rings (SSSR count). The molecule has 2 nitrogen and oxygen atoms in total. The van der Waals surface area contributed by atoms with Crippen LogP contribution >= 0.6 is 0 Å². The highest BCUT2D eigenvalue weighted by molar-refractivity contribution is 5.58. The Morgan fingerprint density at radius 3 is 3.17 bits per heavy atom. The van der Waals surface area contributed by atoms with Crippen LogP contribution in [0.25, 0.3) is 0 Å². The quantitative estimate of drug-likeness (QED) is 0.640. The summed E-state index contributed by atoms with van der Waals surface area (Å²) < 4.78 is 0. The minimum absolute atomic E-state index is 0.177. The predicted molar refractivity (Wildman–Crippen MR) is 51.6 cm³/mol. The van der Waals surface area contributed by atoms with E-state index in [4.69, 9.17) is 5.11 Å². The summed E-state index contributed by atoms with van der Waals surface area (Å²) in [6.07, 6.45) is 8.71. The molecule has 1 heterocycles. The van der Waals surface area contributed by atoms with Crippen molar-refractivity contribution in [2.24, 2.45) is 4.99 Å². The maximum absolute atomic E-state index is 8.76. The number of nitrogens with zero attached hydrogens (tertiary/aromatic N) is 1. The number of hydrogen-bond donors (Lipinski definition) is 1. The fourth-order valence-corrected chi connectivity index (χ4v) is 1.32. The highest BCUT2D eigenvalue weighted by atomic mass is 16.3. The fraction of sp³-hybridized carbons (Fsp3) is 0.700. The lowest BCUT2D eigenvalue weighted by atomic mass is 10.0. The van der Waals surface area contributed by atoms with Crippen LogP contribution in [0.1, 0.15) is 32.6 Å². The molecule has 1 atom stereocenters. The molecule has 0 aromatic heterocycles. The summed E-state index contributed by atoms with van der Waals surface area (Å²) in [5, 5.41) is 8.76. The van der Waals surface area contributed by atoms with E-state index in [1.165, 1.54) is 12.8 Å². The van der Waals surface area contributed by atoms with E-state index in [0.717, 1.165) is 18.4 Å². The van der Waals surface area contributed by atoms with E-state index < -0.39 is 0 Å². The van der Waals surface area contributed by atoms with Crippen molar-refractivity contribution in [3.63, 3.8) is 0 Å². The zero-order valence-electron chi connectivity index (χ0n) is 7.66. The molecule has 1 aliphatic heterocycles. The normalized spacial score (nSPS) is 24.5. The van der Waals surface area contributed by atoms with E-state index in [2.05, 4.69) is 11.1 Å². The summed E-state index contributed by atoms with van der Waals surface area (Å²) in [5.41, 5.74) is 1.05. The minimum atomic E-state index is 0.177. The molecule has 0 aromatic carbocycles. The molecule has 0 unspecified atom stereocenters. The van der Waals surface area contributed by atoms with Gasteiger partial charge in [0.25, 0.3) is 0 Å². The molecule has 0 saturated heterocycles. The molecule has 0 bridgehead atoms. The lowest BCUT2D eigenvalue weighted by Crippen LogP contribution is -2.08. The first kappa shape index (κ1) is 9.46.